The second-order valence-electron chi connectivity index (χ2n) is 7.85. The van der Waals surface area contributed by atoms with Gasteiger partial charge in [0.05, 0.1) is 48.6 Å². The first-order valence-corrected chi connectivity index (χ1v) is 11.6. The standard InChI is InChI=1S/C25H28N8O4/c1-5-20(34)17-12-26-21(31-22-13-28-23(14-27-22)37-10-9-35-3)11-19(17)30-18-8-6-7-16(24(18)36-4)25-29-15-33(2)32-25/h6-8,11-15H,5,9-10H2,1-4H3,(H2,26,27,30,31). The Labute approximate surface area is 214 Å². The van der Waals surface area contributed by atoms with Gasteiger partial charge < -0.3 is 24.8 Å². The molecule has 37 heavy (non-hydrogen) atoms. The summed E-state index contributed by atoms with van der Waals surface area (Å²) in [6, 6.07) is 7.33. The Kier molecular flexibility index (Phi) is 8.21. The van der Waals surface area contributed by atoms with E-state index in [1.165, 1.54) is 18.6 Å². The van der Waals surface area contributed by atoms with E-state index in [1.54, 1.807) is 45.3 Å². The van der Waals surface area contributed by atoms with Crippen LogP contribution in [0.25, 0.3) is 11.4 Å². The van der Waals surface area contributed by atoms with Crippen molar-refractivity contribution >= 4 is 28.8 Å². The number of rotatable bonds is 12. The third kappa shape index (κ3) is 6.16. The van der Waals surface area contributed by atoms with Crippen molar-refractivity contribution in [3.63, 3.8) is 0 Å². The van der Waals surface area contributed by atoms with E-state index in [0.717, 1.165) is 0 Å². The molecule has 0 saturated carbocycles. The molecule has 0 radical (unpaired) electrons. The minimum Gasteiger partial charge on any atom is -0.494 e. The Morgan fingerprint density at radius 1 is 0.973 bits per heavy atom. The number of hydrogen-bond acceptors (Lipinski definition) is 11. The normalized spacial score (nSPS) is 10.7. The van der Waals surface area contributed by atoms with Crippen molar-refractivity contribution in [1.82, 2.24) is 29.7 Å². The van der Waals surface area contributed by atoms with Gasteiger partial charge in [-0.2, -0.15) is 5.10 Å². The zero-order valence-electron chi connectivity index (χ0n) is 21.1. The molecule has 0 amide bonds. The summed E-state index contributed by atoms with van der Waals surface area (Å²) in [4.78, 5) is 30.0. The lowest BCUT2D eigenvalue weighted by atomic mass is 10.1. The van der Waals surface area contributed by atoms with Crippen molar-refractivity contribution in [2.24, 2.45) is 7.05 Å². The average Bonchev–Trinajstić information content (AvgIpc) is 3.35. The van der Waals surface area contributed by atoms with E-state index < -0.39 is 0 Å². The van der Waals surface area contributed by atoms with Gasteiger partial charge >= 0.3 is 0 Å². The second-order valence-corrected chi connectivity index (χ2v) is 7.85. The van der Waals surface area contributed by atoms with Gasteiger partial charge in [-0.3, -0.25) is 9.48 Å². The molecule has 3 aromatic heterocycles. The quantitative estimate of drug-likeness (QED) is 0.215. The Bertz CT molecular complexity index is 1360. The SMILES string of the molecule is CCC(=O)c1cnc(Nc2cnc(OCCOC)cn2)cc1Nc1cccc(-c2ncn(C)n2)c1OC. The third-order valence-corrected chi connectivity index (χ3v) is 5.28. The van der Waals surface area contributed by atoms with Crippen LogP contribution in [0.15, 0.2) is 49.2 Å². The lowest BCUT2D eigenvalue weighted by Crippen LogP contribution is -2.07. The zero-order chi connectivity index (χ0) is 26.2. The van der Waals surface area contributed by atoms with Crippen LogP contribution >= 0.6 is 0 Å². The van der Waals surface area contributed by atoms with E-state index >= 15 is 0 Å². The van der Waals surface area contributed by atoms with E-state index in [0.29, 0.717) is 71.2 Å². The van der Waals surface area contributed by atoms with Crippen LogP contribution in [0, 0.1) is 0 Å². The first-order chi connectivity index (χ1) is 18.0. The number of benzene rings is 1. The highest BCUT2D eigenvalue weighted by atomic mass is 16.5. The summed E-state index contributed by atoms with van der Waals surface area (Å²) in [6.07, 6.45) is 6.52. The molecule has 0 atom stereocenters. The van der Waals surface area contributed by atoms with Crippen molar-refractivity contribution in [1.29, 1.82) is 0 Å². The van der Waals surface area contributed by atoms with Crippen LogP contribution in [0.5, 0.6) is 11.6 Å². The van der Waals surface area contributed by atoms with Gasteiger partial charge in [0.2, 0.25) is 5.88 Å². The highest BCUT2D eigenvalue weighted by Crippen LogP contribution is 2.37. The number of aryl methyl sites for hydroxylation is 1. The summed E-state index contributed by atoms with van der Waals surface area (Å²) in [7, 11) is 4.97. The van der Waals surface area contributed by atoms with Gasteiger partial charge in [-0.15, -0.1) is 0 Å². The maximum absolute atomic E-state index is 12.7. The number of nitrogens with one attached hydrogen (secondary N) is 2. The van der Waals surface area contributed by atoms with Crippen LogP contribution in [0.4, 0.5) is 23.0 Å². The predicted molar refractivity (Wildman–Crippen MR) is 138 cm³/mol. The van der Waals surface area contributed by atoms with Crippen LogP contribution in [-0.4, -0.2) is 62.9 Å². The van der Waals surface area contributed by atoms with Gasteiger partial charge in [-0.05, 0) is 12.1 Å². The van der Waals surface area contributed by atoms with Crippen molar-refractivity contribution in [2.45, 2.75) is 13.3 Å². The van der Waals surface area contributed by atoms with E-state index in [-0.39, 0.29) is 5.78 Å². The molecular formula is C25H28N8O4. The fourth-order valence-electron chi connectivity index (χ4n) is 3.50. The van der Waals surface area contributed by atoms with Gasteiger partial charge in [0.1, 0.15) is 24.6 Å². The highest BCUT2D eigenvalue weighted by Gasteiger charge is 2.18. The number of carbonyl (C=O) groups excluding carboxylic acids is 1. The number of anilines is 4. The van der Waals surface area contributed by atoms with E-state index in [2.05, 4.69) is 35.7 Å². The molecule has 0 spiro atoms. The number of hydrogen-bond donors (Lipinski definition) is 2. The number of carbonyl (C=O) groups is 1. The molecular weight excluding hydrogens is 476 g/mol. The zero-order valence-corrected chi connectivity index (χ0v) is 21.1. The molecule has 0 fully saturated rings. The summed E-state index contributed by atoms with van der Waals surface area (Å²) in [5.74, 6) is 2.34. The Morgan fingerprint density at radius 3 is 2.49 bits per heavy atom. The van der Waals surface area contributed by atoms with Crippen LogP contribution in [0.1, 0.15) is 23.7 Å². The van der Waals surface area contributed by atoms with E-state index in [4.69, 9.17) is 14.2 Å². The van der Waals surface area contributed by atoms with E-state index in [9.17, 15) is 4.79 Å². The monoisotopic (exact) mass is 504 g/mol. The number of aromatic nitrogens is 6. The number of pyridine rings is 1. The Balaban J connectivity index is 1.62. The van der Waals surface area contributed by atoms with Crippen molar-refractivity contribution in [3.8, 4) is 23.0 Å². The number of para-hydroxylation sites is 1. The molecule has 0 unspecified atom stereocenters. The van der Waals surface area contributed by atoms with Crippen LogP contribution in [0.2, 0.25) is 0 Å². The fourth-order valence-corrected chi connectivity index (χ4v) is 3.50. The van der Waals surface area contributed by atoms with Crippen LogP contribution in [-0.2, 0) is 11.8 Å². The molecule has 2 N–H and O–H groups in total. The molecule has 0 bridgehead atoms. The molecule has 0 saturated heterocycles. The van der Waals surface area contributed by atoms with Gasteiger partial charge in [-0.25, -0.2) is 19.9 Å². The second kappa shape index (κ2) is 11.9. The number of ketones is 1. The van der Waals surface area contributed by atoms with Gasteiger partial charge in [0.15, 0.2) is 17.4 Å². The van der Waals surface area contributed by atoms with Crippen molar-refractivity contribution in [2.75, 3.05) is 38.1 Å². The summed E-state index contributed by atoms with van der Waals surface area (Å²) < 4.78 is 17.7. The topological polar surface area (TPSA) is 138 Å². The van der Waals surface area contributed by atoms with Crippen LogP contribution in [0.3, 0.4) is 0 Å². The van der Waals surface area contributed by atoms with Gasteiger partial charge in [-0.1, -0.05) is 13.0 Å². The first kappa shape index (κ1) is 25.5. The molecule has 1 aromatic carbocycles. The molecule has 0 aliphatic heterocycles. The maximum atomic E-state index is 12.7. The van der Waals surface area contributed by atoms with Gasteiger partial charge in [0.25, 0.3) is 0 Å². The molecule has 4 aromatic rings. The molecule has 4 rings (SSSR count). The summed E-state index contributed by atoms with van der Waals surface area (Å²) >= 11 is 0. The lowest BCUT2D eigenvalue weighted by molar-refractivity contribution is 0.0988. The number of ether oxygens (including phenoxy) is 3. The number of nitrogens with zero attached hydrogens (tertiary/aromatic N) is 6. The number of Topliss-reactive ketones (excluding diaryl/α,β-unsaturated/α-hetero) is 1. The average molecular weight is 505 g/mol. The minimum atomic E-state index is -0.0552. The third-order valence-electron chi connectivity index (χ3n) is 5.28. The van der Waals surface area contributed by atoms with Crippen molar-refractivity contribution < 1.29 is 19.0 Å². The molecule has 3 heterocycles. The molecule has 12 heteroatoms. The Hall–Kier alpha value is -4.58. The summed E-state index contributed by atoms with van der Waals surface area (Å²) in [5, 5.41) is 10.8. The summed E-state index contributed by atoms with van der Waals surface area (Å²) in [5.41, 5.74) is 2.37. The number of methoxy groups -OCH3 is 2. The first-order valence-electron chi connectivity index (χ1n) is 11.6. The van der Waals surface area contributed by atoms with E-state index in [1.807, 2.05) is 18.2 Å². The highest BCUT2D eigenvalue weighted by molar-refractivity contribution is 6.02. The fraction of sp³-hybridized carbons (Fsp3) is 0.280. The van der Waals surface area contributed by atoms with Crippen molar-refractivity contribution in [3.05, 3.63) is 54.7 Å². The molecule has 192 valence electrons. The largest absolute Gasteiger partial charge is 0.494 e. The summed E-state index contributed by atoms with van der Waals surface area (Å²) in [6.45, 7) is 2.64. The van der Waals surface area contributed by atoms with Crippen LogP contribution < -0.4 is 20.1 Å². The molecule has 0 aliphatic carbocycles. The smallest absolute Gasteiger partial charge is 0.232 e. The van der Waals surface area contributed by atoms with Gasteiger partial charge in [0, 0.05) is 32.8 Å². The maximum Gasteiger partial charge on any atom is 0.232 e. The Morgan fingerprint density at radius 2 is 1.81 bits per heavy atom. The predicted octanol–water partition coefficient (Wildman–Crippen LogP) is 3.78. The molecule has 12 nitrogen and oxygen atoms in total. The molecule has 0 aliphatic rings. The lowest BCUT2D eigenvalue weighted by Gasteiger charge is -2.17. The minimum absolute atomic E-state index is 0.0552.